The average Bonchev–Trinajstić information content (AvgIpc) is 3.25. The molecule has 0 heterocycles. The van der Waals surface area contributed by atoms with Gasteiger partial charge in [0.25, 0.3) is 0 Å². The van der Waals surface area contributed by atoms with Gasteiger partial charge in [0.1, 0.15) is 12.7 Å². The standard InChI is InChI=1S/C48H76O14P2/c1-3-5-7-8-9-10-11-12-13-14-15-16-17-18-23-26-29-32-35-39-48(52)62-46(43-61-64(56,57)60-41-45(50)40-59-63(53,54)55)42-58-47(51)38-34-31-28-25-22-20-19-21-24-27-30-33-37-44(49)36-6-4-2/h5,7,9-10,12-13,15-16,18-20,23-25,27-29,32-33,37,44-46,49-50H,3-4,6,8,11,14,17,21-22,26,30-31,34-36,38-43H2,1-2H3,(H,56,57)(H2,53,54,55)/b7-5-,10-9-,13-12-,16-15-,20-19-,23-18-,27-24-,28-25-,32-29-,37-33-/t44-,45-,46+/m0/s1. The first-order valence-corrected chi connectivity index (χ1v) is 25.3. The fraction of sp³-hybridized carbons (Fsp3) is 0.542. The van der Waals surface area contributed by atoms with Crippen LogP contribution in [-0.4, -0.2) is 81.6 Å². The number of hydrogen-bond donors (Lipinski definition) is 5. The van der Waals surface area contributed by atoms with Gasteiger partial charge in [-0.15, -0.1) is 0 Å². The lowest BCUT2D eigenvalue weighted by Gasteiger charge is -2.20. The number of carbonyl (C=O) groups excluding carboxylic acids is 2. The summed E-state index contributed by atoms with van der Waals surface area (Å²) in [4.78, 5) is 52.7. The summed E-state index contributed by atoms with van der Waals surface area (Å²) in [5.74, 6) is -1.23. The van der Waals surface area contributed by atoms with Gasteiger partial charge in [-0.25, -0.2) is 9.13 Å². The minimum Gasteiger partial charge on any atom is -0.462 e. The second-order valence-electron chi connectivity index (χ2n) is 14.4. The summed E-state index contributed by atoms with van der Waals surface area (Å²) in [5, 5.41) is 19.6. The predicted octanol–water partition coefficient (Wildman–Crippen LogP) is 10.6. The first kappa shape index (κ1) is 60.5. The lowest BCUT2D eigenvalue weighted by atomic mass is 10.1. The van der Waals surface area contributed by atoms with Crippen LogP contribution in [0, 0.1) is 0 Å². The van der Waals surface area contributed by atoms with E-state index >= 15 is 0 Å². The van der Waals surface area contributed by atoms with E-state index in [1.165, 1.54) is 0 Å². The van der Waals surface area contributed by atoms with Gasteiger partial charge in [0.15, 0.2) is 6.10 Å². The fourth-order valence-corrected chi connectivity index (χ4v) is 6.19. The van der Waals surface area contributed by atoms with Gasteiger partial charge >= 0.3 is 27.6 Å². The molecule has 0 saturated carbocycles. The maximum atomic E-state index is 12.6. The zero-order valence-electron chi connectivity index (χ0n) is 37.9. The van der Waals surface area contributed by atoms with Crippen molar-refractivity contribution in [1.29, 1.82) is 0 Å². The van der Waals surface area contributed by atoms with Crippen LogP contribution in [0.25, 0.3) is 0 Å². The zero-order chi connectivity index (χ0) is 47.4. The molecule has 16 heteroatoms. The summed E-state index contributed by atoms with van der Waals surface area (Å²) >= 11 is 0. The Bertz CT molecular complexity index is 1600. The minimum atomic E-state index is -4.89. The lowest BCUT2D eigenvalue weighted by Crippen LogP contribution is -2.29. The Morgan fingerprint density at radius 2 is 0.969 bits per heavy atom. The molecule has 0 spiro atoms. The maximum absolute atomic E-state index is 12.6. The first-order chi connectivity index (χ1) is 30.8. The van der Waals surface area contributed by atoms with Crippen LogP contribution < -0.4 is 0 Å². The van der Waals surface area contributed by atoms with Gasteiger partial charge in [0, 0.05) is 12.8 Å². The monoisotopic (exact) mass is 938 g/mol. The highest BCUT2D eigenvalue weighted by atomic mass is 31.2. The second-order valence-corrected chi connectivity index (χ2v) is 17.1. The molecule has 0 bridgehead atoms. The molecule has 362 valence electrons. The van der Waals surface area contributed by atoms with Crippen LogP contribution in [0.5, 0.6) is 0 Å². The van der Waals surface area contributed by atoms with Crippen LogP contribution in [0.4, 0.5) is 0 Å². The van der Waals surface area contributed by atoms with Gasteiger partial charge in [-0.05, 0) is 83.5 Å². The molecule has 0 rings (SSSR count). The van der Waals surface area contributed by atoms with Gasteiger partial charge in [-0.2, -0.15) is 0 Å². The molecule has 0 aliphatic carbocycles. The smallest absolute Gasteiger partial charge is 0.462 e. The molecule has 0 aromatic carbocycles. The van der Waals surface area contributed by atoms with E-state index in [0.29, 0.717) is 25.7 Å². The van der Waals surface area contributed by atoms with Crippen molar-refractivity contribution in [2.24, 2.45) is 0 Å². The van der Waals surface area contributed by atoms with E-state index in [-0.39, 0.29) is 18.9 Å². The summed E-state index contributed by atoms with van der Waals surface area (Å²) in [5.41, 5.74) is 0. The first-order valence-electron chi connectivity index (χ1n) is 22.3. The molecule has 5 N–H and O–H groups in total. The van der Waals surface area contributed by atoms with Crippen LogP contribution in [0.1, 0.15) is 123 Å². The summed E-state index contributed by atoms with van der Waals surface area (Å²) < 4.78 is 47.6. The number of phosphoric acid groups is 2. The molecular weight excluding hydrogens is 862 g/mol. The fourth-order valence-electron chi connectivity index (χ4n) is 5.03. The molecule has 0 aliphatic heterocycles. The summed E-state index contributed by atoms with van der Waals surface area (Å²) in [7, 11) is -9.75. The molecule has 0 aliphatic rings. The van der Waals surface area contributed by atoms with Crippen molar-refractivity contribution in [2.45, 2.75) is 141 Å². The van der Waals surface area contributed by atoms with Crippen LogP contribution in [0.3, 0.4) is 0 Å². The van der Waals surface area contributed by atoms with E-state index in [0.717, 1.165) is 70.6 Å². The van der Waals surface area contributed by atoms with Crippen LogP contribution in [0.2, 0.25) is 0 Å². The molecule has 64 heavy (non-hydrogen) atoms. The molecular formula is C48H76O14P2. The summed E-state index contributed by atoms with van der Waals surface area (Å²) in [6.45, 7) is 1.31. The van der Waals surface area contributed by atoms with E-state index in [1.807, 2.05) is 48.6 Å². The molecule has 0 radical (unpaired) electrons. The van der Waals surface area contributed by atoms with Crippen molar-refractivity contribution >= 4 is 27.6 Å². The topological polar surface area (TPSA) is 216 Å². The number of ether oxygens (including phenoxy) is 2. The quantitative estimate of drug-likeness (QED) is 0.0167. The Kier molecular flexibility index (Phi) is 39.8. The van der Waals surface area contributed by atoms with E-state index < -0.39 is 66.2 Å². The summed E-state index contributed by atoms with van der Waals surface area (Å²) in [6.07, 6.45) is 49.7. The molecule has 0 saturated heterocycles. The Hall–Kier alpha value is -3.52. The molecule has 1 unspecified atom stereocenters. The third kappa shape index (κ3) is 45.1. The number of allylic oxidation sites excluding steroid dienone is 19. The van der Waals surface area contributed by atoms with Crippen molar-refractivity contribution in [1.82, 2.24) is 0 Å². The number of aliphatic hydroxyl groups excluding tert-OH is 2. The number of phosphoric ester groups is 2. The highest BCUT2D eigenvalue weighted by molar-refractivity contribution is 7.47. The summed E-state index contributed by atoms with van der Waals surface area (Å²) in [6, 6.07) is 0. The number of esters is 2. The Morgan fingerprint density at radius 3 is 1.47 bits per heavy atom. The number of carbonyl (C=O) groups is 2. The average molecular weight is 939 g/mol. The van der Waals surface area contributed by atoms with Crippen molar-refractivity contribution in [3.05, 3.63) is 122 Å². The number of hydrogen-bond acceptors (Lipinski definition) is 11. The Morgan fingerprint density at radius 1 is 0.516 bits per heavy atom. The zero-order valence-corrected chi connectivity index (χ0v) is 39.7. The Labute approximate surface area is 382 Å². The SMILES string of the molecule is CC/C=C\C/C=C\C/C=C\C/C=C\C/C=C\C/C=C\CCC(=O)O[C@H](COC(=O)CCC/C=C\C/C=C\C/C=C\C/C=C\[C@@H](O)CCCC)COP(=O)(O)OC[C@@H](O)COP(=O)(O)O. The number of rotatable bonds is 40. The van der Waals surface area contributed by atoms with Crippen LogP contribution >= 0.6 is 15.6 Å². The van der Waals surface area contributed by atoms with Crippen molar-refractivity contribution in [3.8, 4) is 0 Å². The van der Waals surface area contributed by atoms with Gasteiger partial charge < -0.3 is 34.4 Å². The third-order valence-corrected chi connectivity index (χ3v) is 9.84. The highest BCUT2D eigenvalue weighted by Crippen LogP contribution is 2.43. The minimum absolute atomic E-state index is 0.0213. The lowest BCUT2D eigenvalue weighted by molar-refractivity contribution is -0.161. The van der Waals surface area contributed by atoms with E-state index in [1.54, 1.807) is 0 Å². The van der Waals surface area contributed by atoms with Crippen molar-refractivity contribution in [2.75, 3.05) is 26.4 Å². The number of unbranched alkanes of at least 4 members (excludes halogenated alkanes) is 2. The van der Waals surface area contributed by atoms with Gasteiger partial charge in [0.2, 0.25) is 0 Å². The van der Waals surface area contributed by atoms with Crippen molar-refractivity contribution in [3.63, 3.8) is 0 Å². The van der Waals surface area contributed by atoms with E-state index in [9.17, 15) is 33.8 Å². The molecule has 0 aromatic rings. The van der Waals surface area contributed by atoms with Crippen LogP contribution in [0.15, 0.2) is 122 Å². The van der Waals surface area contributed by atoms with E-state index in [4.69, 9.17) is 23.8 Å². The molecule has 0 fully saturated rings. The third-order valence-electron chi connectivity index (χ3n) is 8.41. The van der Waals surface area contributed by atoms with Crippen molar-refractivity contribution < 1.29 is 66.7 Å². The molecule has 14 nitrogen and oxygen atoms in total. The normalized spacial score (nSPS) is 15.5. The molecule has 4 atom stereocenters. The van der Waals surface area contributed by atoms with Crippen LogP contribution in [-0.2, 0) is 41.8 Å². The predicted molar refractivity (Wildman–Crippen MR) is 254 cm³/mol. The molecule has 0 amide bonds. The second kappa shape index (κ2) is 42.1. The van der Waals surface area contributed by atoms with Gasteiger partial charge in [-0.1, -0.05) is 148 Å². The van der Waals surface area contributed by atoms with Gasteiger partial charge in [0.05, 0.1) is 25.9 Å². The highest BCUT2D eigenvalue weighted by Gasteiger charge is 2.28. The van der Waals surface area contributed by atoms with E-state index in [2.05, 4.69) is 95.8 Å². The number of aliphatic hydroxyl groups is 2. The van der Waals surface area contributed by atoms with Gasteiger partial charge in [-0.3, -0.25) is 23.2 Å². The Balaban J connectivity index is 4.77. The largest absolute Gasteiger partial charge is 0.472 e. The maximum Gasteiger partial charge on any atom is 0.472 e. The molecule has 0 aromatic heterocycles.